The first kappa shape index (κ1) is 32.3. The van der Waals surface area contributed by atoms with Gasteiger partial charge in [-0.2, -0.15) is 0 Å². The van der Waals surface area contributed by atoms with Crippen molar-refractivity contribution in [1.29, 1.82) is 0 Å². The molecule has 0 saturated carbocycles. The van der Waals surface area contributed by atoms with E-state index in [9.17, 15) is 0 Å². The van der Waals surface area contributed by atoms with Crippen molar-refractivity contribution < 1.29 is 4.42 Å². The predicted octanol–water partition coefficient (Wildman–Crippen LogP) is 13.1. The summed E-state index contributed by atoms with van der Waals surface area (Å²) in [6.07, 6.45) is 0. The van der Waals surface area contributed by atoms with Gasteiger partial charge in [-0.05, 0) is 54.1 Å². The Morgan fingerprint density at radius 2 is 1.12 bits per heavy atom. The van der Waals surface area contributed by atoms with Gasteiger partial charge in [0.05, 0.1) is 0 Å². The topological polar surface area (TPSA) is 76.2 Å². The lowest BCUT2D eigenvalue weighted by atomic mass is 9.99. The Balaban J connectivity index is 0.998. The van der Waals surface area contributed by atoms with E-state index < -0.39 is 0 Å². The highest BCUT2D eigenvalue weighted by Crippen LogP contribution is 2.44. The first-order valence-electron chi connectivity index (χ1n) is 18.8. The Hall–Kier alpha value is -7.00. The van der Waals surface area contributed by atoms with Crippen molar-refractivity contribution in [3.05, 3.63) is 181 Å². The molecule has 1 aliphatic heterocycles. The summed E-state index contributed by atoms with van der Waals surface area (Å²) in [4.78, 5) is 20.5. The number of furan rings is 1. The molecule has 5 heterocycles. The van der Waals surface area contributed by atoms with E-state index in [2.05, 4.69) is 127 Å². The van der Waals surface area contributed by atoms with Gasteiger partial charge in [-0.25, -0.2) is 19.9 Å². The van der Waals surface area contributed by atoms with Gasteiger partial charge >= 0.3 is 0 Å². The van der Waals surface area contributed by atoms with Crippen LogP contribution in [0.5, 0.6) is 0 Å². The van der Waals surface area contributed by atoms with Crippen LogP contribution in [0, 0.1) is 0 Å². The standard InChI is InChI=1S/C49H29N5OS2/c1-3-12-28(13-4-1)42-44-43(35-17-7-9-20-38(35)55-44)51-49(50-42)36-19-11-18-34-33-24-22-31(27-41(33)57-45(34)36)48-53-46(29-14-5-2-6-15-29)52-47(54-48)30-23-25-40-37(26-30)32-16-8-10-21-39(32)56-40/h1-27,42H,(H,50,51). The fourth-order valence-corrected chi connectivity index (χ4v) is 10.4. The maximum Gasteiger partial charge on any atom is 0.164 e. The second kappa shape index (κ2) is 12.8. The monoisotopic (exact) mass is 767 g/mol. The van der Waals surface area contributed by atoms with Crippen molar-refractivity contribution >= 4 is 85.5 Å². The Labute approximate surface area is 334 Å². The third-order valence-corrected chi connectivity index (χ3v) is 13.2. The molecule has 0 amide bonds. The molecule has 268 valence electrons. The number of aliphatic imine (C=N–C) groups is 1. The first-order chi connectivity index (χ1) is 28.2. The molecule has 1 aliphatic rings. The van der Waals surface area contributed by atoms with Gasteiger partial charge in [-0.15, -0.1) is 22.7 Å². The maximum absolute atomic E-state index is 6.45. The number of thiophene rings is 2. The molecular formula is C49H29N5OS2. The SMILES string of the molecule is c1ccc(-c2nc(-c3ccc4c(c3)sc3c(C5=Nc6c(oc7ccccc67)C(c6ccccc6)N5)cccc34)nc(-c3ccc4sc5ccccc5c4c3)n2)cc1. The molecule has 0 fully saturated rings. The lowest BCUT2D eigenvalue weighted by molar-refractivity contribution is 0.504. The Morgan fingerprint density at radius 1 is 0.474 bits per heavy atom. The van der Waals surface area contributed by atoms with E-state index in [0.29, 0.717) is 17.5 Å². The van der Waals surface area contributed by atoms with Crippen LogP contribution in [-0.4, -0.2) is 20.8 Å². The van der Waals surface area contributed by atoms with Crippen molar-refractivity contribution in [3.63, 3.8) is 0 Å². The number of benzene rings is 7. The zero-order valence-electron chi connectivity index (χ0n) is 30.2. The Kier molecular flexibility index (Phi) is 7.23. The van der Waals surface area contributed by atoms with Gasteiger partial charge in [-0.3, -0.25) is 0 Å². The van der Waals surface area contributed by atoms with E-state index in [0.717, 1.165) is 65.5 Å². The molecule has 0 spiro atoms. The number of aromatic nitrogens is 3. The molecule has 0 bridgehead atoms. The molecule has 4 aromatic heterocycles. The molecule has 6 nitrogen and oxygen atoms in total. The fourth-order valence-electron chi connectivity index (χ4n) is 8.07. The van der Waals surface area contributed by atoms with E-state index in [1.54, 1.807) is 11.3 Å². The lowest BCUT2D eigenvalue weighted by Gasteiger charge is -2.24. The molecule has 0 aliphatic carbocycles. The number of hydrogen-bond donors (Lipinski definition) is 1. The summed E-state index contributed by atoms with van der Waals surface area (Å²) in [5, 5.41) is 9.60. The molecule has 0 radical (unpaired) electrons. The zero-order valence-corrected chi connectivity index (χ0v) is 31.8. The average molecular weight is 768 g/mol. The van der Waals surface area contributed by atoms with Crippen molar-refractivity contribution in [2.45, 2.75) is 6.04 Å². The summed E-state index contributed by atoms with van der Waals surface area (Å²) in [6, 6.07) is 56.7. The Bertz CT molecular complexity index is 3400. The third-order valence-electron chi connectivity index (χ3n) is 10.8. The molecule has 12 rings (SSSR count). The van der Waals surface area contributed by atoms with E-state index in [-0.39, 0.29) is 6.04 Å². The van der Waals surface area contributed by atoms with Gasteiger partial charge in [0, 0.05) is 68.0 Å². The number of para-hydroxylation sites is 1. The summed E-state index contributed by atoms with van der Waals surface area (Å²) < 4.78 is 11.3. The van der Waals surface area contributed by atoms with Gasteiger partial charge in [-0.1, -0.05) is 115 Å². The van der Waals surface area contributed by atoms with Crippen LogP contribution in [0.2, 0.25) is 0 Å². The van der Waals surface area contributed by atoms with E-state index in [4.69, 9.17) is 24.4 Å². The average Bonchev–Trinajstić information content (AvgIpc) is 3.97. The van der Waals surface area contributed by atoms with Gasteiger partial charge in [0.15, 0.2) is 23.2 Å². The van der Waals surface area contributed by atoms with Crippen LogP contribution in [0.3, 0.4) is 0 Å². The normalized spacial score (nSPS) is 14.0. The van der Waals surface area contributed by atoms with E-state index >= 15 is 0 Å². The molecule has 7 aromatic carbocycles. The van der Waals surface area contributed by atoms with Crippen molar-refractivity contribution in [2.24, 2.45) is 4.99 Å². The van der Waals surface area contributed by atoms with Crippen molar-refractivity contribution in [2.75, 3.05) is 0 Å². The number of hydrogen-bond acceptors (Lipinski definition) is 8. The molecule has 8 heteroatoms. The van der Waals surface area contributed by atoms with Gasteiger partial charge < -0.3 is 9.73 Å². The summed E-state index contributed by atoms with van der Waals surface area (Å²) in [7, 11) is 0. The minimum atomic E-state index is -0.187. The number of rotatable bonds is 5. The largest absolute Gasteiger partial charge is 0.456 e. The van der Waals surface area contributed by atoms with E-state index in [1.807, 2.05) is 53.8 Å². The summed E-state index contributed by atoms with van der Waals surface area (Å²) in [6.45, 7) is 0. The lowest BCUT2D eigenvalue weighted by Crippen LogP contribution is -2.32. The molecule has 1 atom stereocenters. The second-order valence-electron chi connectivity index (χ2n) is 14.2. The number of nitrogens with zero attached hydrogens (tertiary/aromatic N) is 4. The quantitative estimate of drug-likeness (QED) is 0.189. The minimum Gasteiger partial charge on any atom is -0.456 e. The number of fused-ring (bicyclic) bond motifs is 9. The summed E-state index contributed by atoms with van der Waals surface area (Å²) >= 11 is 3.57. The maximum atomic E-state index is 6.45. The van der Waals surface area contributed by atoms with Crippen molar-refractivity contribution in [1.82, 2.24) is 20.3 Å². The molecule has 57 heavy (non-hydrogen) atoms. The van der Waals surface area contributed by atoms with Crippen LogP contribution < -0.4 is 5.32 Å². The van der Waals surface area contributed by atoms with Crippen LogP contribution in [0.25, 0.3) is 85.5 Å². The van der Waals surface area contributed by atoms with Crippen LogP contribution in [0.15, 0.2) is 173 Å². The summed E-state index contributed by atoms with van der Waals surface area (Å²) in [5.74, 6) is 3.58. The first-order valence-corrected chi connectivity index (χ1v) is 20.5. The number of nitrogens with one attached hydrogen (secondary N) is 1. The van der Waals surface area contributed by atoms with E-state index in [1.165, 1.54) is 30.9 Å². The summed E-state index contributed by atoms with van der Waals surface area (Å²) in [5.41, 5.74) is 6.72. The second-order valence-corrected chi connectivity index (χ2v) is 16.4. The molecule has 1 unspecified atom stereocenters. The smallest absolute Gasteiger partial charge is 0.164 e. The number of amidine groups is 1. The zero-order chi connectivity index (χ0) is 37.5. The minimum absolute atomic E-state index is 0.187. The van der Waals surface area contributed by atoms with Crippen molar-refractivity contribution in [3.8, 4) is 34.2 Å². The predicted molar refractivity (Wildman–Crippen MR) is 236 cm³/mol. The van der Waals surface area contributed by atoms with Gasteiger partial charge in [0.25, 0.3) is 0 Å². The van der Waals surface area contributed by atoms with Crippen LogP contribution >= 0.6 is 22.7 Å². The highest BCUT2D eigenvalue weighted by molar-refractivity contribution is 7.26. The molecule has 11 aromatic rings. The Morgan fingerprint density at radius 3 is 1.96 bits per heavy atom. The third kappa shape index (κ3) is 5.29. The fraction of sp³-hybridized carbons (Fsp3) is 0.0204. The van der Waals surface area contributed by atoms with Crippen LogP contribution in [0.4, 0.5) is 5.69 Å². The van der Waals surface area contributed by atoms with Crippen LogP contribution in [-0.2, 0) is 0 Å². The molecule has 0 saturated heterocycles. The highest BCUT2D eigenvalue weighted by atomic mass is 32.1. The van der Waals surface area contributed by atoms with Gasteiger partial charge in [0.1, 0.15) is 23.1 Å². The van der Waals surface area contributed by atoms with Gasteiger partial charge in [0.2, 0.25) is 0 Å². The highest BCUT2D eigenvalue weighted by Gasteiger charge is 2.30. The van der Waals surface area contributed by atoms with Crippen LogP contribution in [0.1, 0.15) is 22.9 Å². The molecule has 1 N–H and O–H groups in total. The molecular weight excluding hydrogens is 739 g/mol.